The molecule has 2 aromatic carbocycles. The van der Waals surface area contributed by atoms with Crippen LogP contribution in [0.5, 0.6) is 0 Å². The Bertz CT molecular complexity index is 641. The highest BCUT2D eigenvalue weighted by atomic mass is 16.2. The fourth-order valence-electron chi connectivity index (χ4n) is 2.40. The highest BCUT2D eigenvalue weighted by molar-refractivity contribution is 6.01. The van der Waals surface area contributed by atoms with Crippen LogP contribution in [-0.4, -0.2) is 30.8 Å². The van der Waals surface area contributed by atoms with Crippen LogP contribution in [0.3, 0.4) is 0 Å². The van der Waals surface area contributed by atoms with Crippen molar-refractivity contribution in [3.63, 3.8) is 0 Å². The predicted molar refractivity (Wildman–Crippen MR) is 88.1 cm³/mol. The number of anilines is 1. The molecule has 1 unspecified atom stereocenters. The van der Waals surface area contributed by atoms with Gasteiger partial charge < -0.3 is 10.2 Å². The number of carbonyl (C=O) groups is 2. The van der Waals surface area contributed by atoms with Crippen LogP contribution in [0.2, 0.25) is 0 Å². The SMILES string of the molecule is C.O=C(CN(c1ccccc1)C1CNC1=O)c1ccccc1. The first-order chi connectivity index (χ1) is 10.3. The second-order valence-corrected chi connectivity index (χ2v) is 5.01. The van der Waals surface area contributed by atoms with Gasteiger partial charge in [-0.15, -0.1) is 0 Å². The lowest BCUT2D eigenvalue weighted by molar-refractivity contribution is -0.127. The first kappa shape index (κ1) is 15.8. The van der Waals surface area contributed by atoms with Crippen molar-refractivity contribution in [3.05, 3.63) is 66.2 Å². The number of benzene rings is 2. The van der Waals surface area contributed by atoms with E-state index in [4.69, 9.17) is 0 Å². The van der Waals surface area contributed by atoms with Crippen LogP contribution in [-0.2, 0) is 4.79 Å². The van der Waals surface area contributed by atoms with Crippen LogP contribution < -0.4 is 10.2 Å². The topological polar surface area (TPSA) is 49.4 Å². The Morgan fingerprint density at radius 3 is 2.14 bits per heavy atom. The lowest BCUT2D eigenvalue weighted by Gasteiger charge is -2.38. The summed E-state index contributed by atoms with van der Waals surface area (Å²) in [6, 6.07) is 18.5. The molecule has 22 heavy (non-hydrogen) atoms. The molecule has 1 N–H and O–H groups in total. The molecular formula is C18H20N2O2. The number of Topliss-reactive ketones (excluding diaryl/α,β-unsaturated/α-hetero) is 1. The van der Waals surface area contributed by atoms with E-state index >= 15 is 0 Å². The van der Waals surface area contributed by atoms with Crippen LogP contribution in [0.4, 0.5) is 5.69 Å². The van der Waals surface area contributed by atoms with Crippen molar-refractivity contribution in [2.45, 2.75) is 13.5 Å². The summed E-state index contributed by atoms with van der Waals surface area (Å²) in [6.07, 6.45) is 0. The standard InChI is InChI=1S/C17H16N2O2.CH4/c20-16(13-7-3-1-4-8-13)12-19(15-11-18-17(15)21)14-9-5-2-6-10-14;/h1-10,15H,11-12H2,(H,18,21);1H4. The zero-order chi connectivity index (χ0) is 14.7. The van der Waals surface area contributed by atoms with Crippen molar-refractivity contribution in [3.8, 4) is 0 Å². The van der Waals surface area contributed by atoms with Crippen molar-refractivity contribution in [1.29, 1.82) is 0 Å². The van der Waals surface area contributed by atoms with Crippen LogP contribution in [0.15, 0.2) is 60.7 Å². The van der Waals surface area contributed by atoms with Gasteiger partial charge in [-0.25, -0.2) is 0 Å². The van der Waals surface area contributed by atoms with Gasteiger partial charge in [-0.2, -0.15) is 0 Å². The minimum absolute atomic E-state index is 0. The van der Waals surface area contributed by atoms with Crippen molar-refractivity contribution in [2.75, 3.05) is 18.0 Å². The average molecular weight is 296 g/mol. The summed E-state index contributed by atoms with van der Waals surface area (Å²) in [5.41, 5.74) is 1.56. The Morgan fingerprint density at radius 1 is 1.05 bits per heavy atom. The monoisotopic (exact) mass is 296 g/mol. The van der Waals surface area contributed by atoms with Crippen molar-refractivity contribution in [2.24, 2.45) is 0 Å². The Hall–Kier alpha value is -2.62. The van der Waals surface area contributed by atoms with E-state index in [9.17, 15) is 9.59 Å². The van der Waals surface area contributed by atoms with Gasteiger partial charge in [0.05, 0.1) is 6.54 Å². The number of amides is 1. The first-order valence-corrected chi connectivity index (χ1v) is 6.93. The predicted octanol–water partition coefficient (Wildman–Crippen LogP) is 2.51. The first-order valence-electron chi connectivity index (χ1n) is 6.93. The van der Waals surface area contributed by atoms with Gasteiger partial charge in [0.15, 0.2) is 5.78 Å². The summed E-state index contributed by atoms with van der Waals surface area (Å²) in [6.45, 7) is 0.780. The Morgan fingerprint density at radius 2 is 1.64 bits per heavy atom. The number of hydrogen-bond donors (Lipinski definition) is 1. The molecule has 0 bridgehead atoms. The van der Waals surface area contributed by atoms with Crippen molar-refractivity contribution in [1.82, 2.24) is 5.32 Å². The second kappa shape index (κ2) is 6.89. The summed E-state index contributed by atoms with van der Waals surface area (Å²) < 4.78 is 0. The molecule has 1 atom stereocenters. The molecule has 0 aromatic heterocycles. The molecule has 1 heterocycles. The third kappa shape index (κ3) is 3.17. The van der Waals surface area contributed by atoms with E-state index in [-0.39, 0.29) is 31.7 Å². The molecule has 3 rings (SSSR count). The number of rotatable bonds is 5. The number of carbonyl (C=O) groups excluding carboxylic acids is 2. The minimum atomic E-state index is -0.264. The van der Waals surface area contributed by atoms with Gasteiger partial charge in [-0.05, 0) is 12.1 Å². The third-order valence-electron chi connectivity index (χ3n) is 3.65. The molecule has 4 nitrogen and oxygen atoms in total. The number of β-lactam (4-membered cyclic amide) rings is 1. The van der Waals surface area contributed by atoms with E-state index in [2.05, 4.69) is 5.32 Å². The van der Waals surface area contributed by atoms with E-state index in [1.165, 1.54) is 0 Å². The van der Waals surface area contributed by atoms with Crippen LogP contribution in [0, 0.1) is 0 Å². The van der Waals surface area contributed by atoms with Crippen LogP contribution in [0.1, 0.15) is 17.8 Å². The summed E-state index contributed by atoms with van der Waals surface area (Å²) in [7, 11) is 0. The summed E-state index contributed by atoms with van der Waals surface area (Å²) in [5.74, 6) is -0.0149. The van der Waals surface area contributed by atoms with Crippen LogP contribution >= 0.6 is 0 Å². The molecule has 1 aliphatic rings. The van der Waals surface area contributed by atoms with E-state index in [0.29, 0.717) is 12.1 Å². The number of ketones is 1. The zero-order valence-corrected chi connectivity index (χ0v) is 11.5. The molecule has 4 heteroatoms. The summed E-state index contributed by atoms with van der Waals surface area (Å²) in [5, 5.41) is 2.73. The van der Waals surface area contributed by atoms with E-state index in [1.54, 1.807) is 12.1 Å². The van der Waals surface area contributed by atoms with Gasteiger partial charge in [0.2, 0.25) is 5.91 Å². The highest BCUT2D eigenvalue weighted by Crippen LogP contribution is 2.20. The second-order valence-electron chi connectivity index (χ2n) is 5.01. The number of para-hydroxylation sites is 1. The van der Waals surface area contributed by atoms with Gasteiger partial charge in [0.1, 0.15) is 6.04 Å². The smallest absolute Gasteiger partial charge is 0.244 e. The molecule has 0 saturated carbocycles. The number of nitrogens with one attached hydrogen (secondary N) is 1. The molecule has 1 saturated heterocycles. The molecule has 1 amide bonds. The van der Waals surface area contributed by atoms with Gasteiger partial charge in [-0.1, -0.05) is 56.0 Å². The largest absolute Gasteiger partial charge is 0.352 e. The lowest BCUT2D eigenvalue weighted by Crippen LogP contribution is -2.63. The maximum Gasteiger partial charge on any atom is 0.244 e. The van der Waals surface area contributed by atoms with Crippen LogP contribution in [0.25, 0.3) is 0 Å². The third-order valence-corrected chi connectivity index (χ3v) is 3.65. The molecule has 114 valence electrons. The average Bonchev–Trinajstić information content (AvgIpc) is 2.54. The molecule has 0 spiro atoms. The zero-order valence-electron chi connectivity index (χ0n) is 11.5. The molecular weight excluding hydrogens is 276 g/mol. The maximum atomic E-state index is 12.4. The van der Waals surface area contributed by atoms with E-state index < -0.39 is 0 Å². The molecule has 1 aliphatic heterocycles. The molecule has 2 aromatic rings. The fraction of sp³-hybridized carbons (Fsp3) is 0.222. The van der Waals surface area contributed by atoms with Gasteiger partial charge in [-0.3, -0.25) is 9.59 Å². The molecule has 0 aliphatic carbocycles. The Kier molecular flexibility index (Phi) is 4.94. The molecule has 0 radical (unpaired) electrons. The van der Waals surface area contributed by atoms with Gasteiger partial charge in [0.25, 0.3) is 0 Å². The van der Waals surface area contributed by atoms with E-state index in [0.717, 1.165) is 5.69 Å². The fourth-order valence-corrected chi connectivity index (χ4v) is 2.40. The summed E-state index contributed by atoms with van der Waals surface area (Å²) in [4.78, 5) is 26.0. The van der Waals surface area contributed by atoms with Crippen molar-refractivity contribution >= 4 is 17.4 Å². The number of nitrogens with zero attached hydrogens (tertiary/aromatic N) is 1. The quantitative estimate of drug-likeness (QED) is 0.681. The Labute approximate surface area is 130 Å². The van der Waals surface area contributed by atoms with Gasteiger partial charge >= 0.3 is 0 Å². The molecule has 1 fully saturated rings. The maximum absolute atomic E-state index is 12.4. The normalized spacial score (nSPS) is 16.0. The Balaban J connectivity index is 0.00000176. The summed E-state index contributed by atoms with van der Waals surface area (Å²) >= 11 is 0. The minimum Gasteiger partial charge on any atom is -0.352 e. The highest BCUT2D eigenvalue weighted by Gasteiger charge is 2.34. The van der Waals surface area contributed by atoms with E-state index in [1.807, 2.05) is 53.4 Å². The van der Waals surface area contributed by atoms with Gasteiger partial charge in [0, 0.05) is 17.8 Å². The van der Waals surface area contributed by atoms with Crippen molar-refractivity contribution < 1.29 is 9.59 Å². The lowest BCUT2D eigenvalue weighted by atomic mass is 10.1. The number of hydrogen-bond acceptors (Lipinski definition) is 3.